The second kappa shape index (κ2) is 8.46. The molecule has 0 saturated carbocycles. The Balaban J connectivity index is 1.55. The van der Waals surface area contributed by atoms with Gasteiger partial charge in [-0.05, 0) is 29.4 Å². The third-order valence-electron chi connectivity index (χ3n) is 3.65. The van der Waals surface area contributed by atoms with Crippen molar-refractivity contribution >= 4 is 39.6 Å². The van der Waals surface area contributed by atoms with Crippen molar-refractivity contribution < 1.29 is 4.79 Å². The zero-order chi connectivity index (χ0) is 18.4. The quantitative estimate of drug-likeness (QED) is 0.411. The van der Waals surface area contributed by atoms with Crippen LogP contribution < -0.4 is 21.9 Å². The number of benzene rings is 2. The number of nitrogen functional groups attached to an aromatic ring is 1. The summed E-state index contributed by atoms with van der Waals surface area (Å²) in [7, 11) is 0. The summed E-state index contributed by atoms with van der Waals surface area (Å²) < 4.78 is 0. The van der Waals surface area contributed by atoms with Crippen molar-refractivity contribution in [3.05, 3.63) is 77.9 Å². The van der Waals surface area contributed by atoms with Crippen molar-refractivity contribution in [2.24, 2.45) is 0 Å². The fraction of sp³-hybridized carbons (Fsp3) is 0.0526. The molecule has 1 amide bonds. The normalized spacial score (nSPS) is 10.2. The summed E-state index contributed by atoms with van der Waals surface area (Å²) in [6, 6.07) is 21.4. The minimum Gasteiger partial charge on any atom is -0.390 e. The van der Waals surface area contributed by atoms with Crippen molar-refractivity contribution in [2.45, 2.75) is 6.54 Å². The fourth-order valence-electron chi connectivity index (χ4n) is 2.33. The van der Waals surface area contributed by atoms with Crippen molar-refractivity contribution in [1.29, 1.82) is 0 Å². The average Bonchev–Trinajstić information content (AvgIpc) is 3.08. The van der Waals surface area contributed by atoms with Gasteiger partial charge in [0.05, 0.1) is 10.6 Å². The number of amides is 1. The number of thiocarbonyl (C=S) groups is 1. The van der Waals surface area contributed by atoms with E-state index < -0.39 is 0 Å². The summed E-state index contributed by atoms with van der Waals surface area (Å²) in [5.74, 6) is -0.329. The number of carbonyl (C=O) groups is 1. The van der Waals surface area contributed by atoms with Gasteiger partial charge in [0.15, 0.2) is 5.11 Å². The van der Waals surface area contributed by atoms with E-state index in [9.17, 15) is 4.79 Å². The van der Waals surface area contributed by atoms with Crippen LogP contribution in [-0.2, 0) is 6.54 Å². The van der Waals surface area contributed by atoms with Gasteiger partial charge < -0.3 is 11.1 Å². The molecule has 5 nitrogen and oxygen atoms in total. The molecule has 2 aromatic carbocycles. The van der Waals surface area contributed by atoms with Crippen molar-refractivity contribution in [2.75, 3.05) is 5.73 Å². The average molecular weight is 383 g/mol. The summed E-state index contributed by atoms with van der Waals surface area (Å²) in [6.45, 7) is 0.571. The molecule has 0 radical (unpaired) electrons. The van der Waals surface area contributed by atoms with Gasteiger partial charge in [-0.25, -0.2) is 0 Å². The number of hydrogen-bond donors (Lipinski definition) is 4. The van der Waals surface area contributed by atoms with Crippen LogP contribution in [0, 0.1) is 0 Å². The summed E-state index contributed by atoms with van der Waals surface area (Å²) in [4.78, 5) is 13.3. The van der Waals surface area contributed by atoms with Crippen LogP contribution in [0.5, 0.6) is 0 Å². The van der Waals surface area contributed by atoms with E-state index in [4.69, 9.17) is 18.0 Å². The Morgan fingerprint density at radius 2 is 1.65 bits per heavy atom. The van der Waals surface area contributed by atoms with Gasteiger partial charge >= 0.3 is 0 Å². The fourth-order valence-corrected chi connectivity index (χ4v) is 3.38. The summed E-state index contributed by atoms with van der Waals surface area (Å²) in [6.07, 6.45) is 0. The highest BCUT2D eigenvalue weighted by molar-refractivity contribution is 7.80. The predicted octanol–water partition coefficient (Wildman–Crippen LogP) is 3.31. The number of nitrogens with two attached hydrogens (primary N) is 1. The van der Waals surface area contributed by atoms with E-state index in [1.165, 1.54) is 11.3 Å². The molecule has 5 N–H and O–H groups in total. The Morgan fingerprint density at radius 3 is 2.35 bits per heavy atom. The molecule has 0 fully saturated rings. The minimum absolute atomic E-state index is 0.329. The number of rotatable bonds is 4. The largest absolute Gasteiger partial charge is 0.390 e. The SMILES string of the molecule is Nc1sc(-c2ccccc2)cc1C(=O)NNC(=S)NCc1ccccc1. The first-order valence-corrected chi connectivity index (χ1v) is 9.19. The Hall–Kier alpha value is -2.90. The predicted molar refractivity (Wildman–Crippen MR) is 111 cm³/mol. The van der Waals surface area contributed by atoms with Crippen LogP contribution in [0.25, 0.3) is 10.4 Å². The molecular formula is C19H18N4OS2. The highest BCUT2D eigenvalue weighted by Gasteiger charge is 2.15. The molecule has 1 heterocycles. The lowest BCUT2D eigenvalue weighted by atomic mass is 10.1. The number of anilines is 1. The molecule has 0 aliphatic rings. The molecule has 3 rings (SSSR count). The monoisotopic (exact) mass is 382 g/mol. The molecule has 7 heteroatoms. The third-order valence-corrected chi connectivity index (χ3v) is 4.91. The van der Waals surface area contributed by atoms with Gasteiger partial charge in [-0.15, -0.1) is 11.3 Å². The van der Waals surface area contributed by atoms with Gasteiger partial charge in [0.1, 0.15) is 0 Å². The van der Waals surface area contributed by atoms with E-state index in [0.29, 0.717) is 22.2 Å². The lowest BCUT2D eigenvalue weighted by Crippen LogP contribution is -2.46. The van der Waals surface area contributed by atoms with Crippen LogP contribution >= 0.6 is 23.6 Å². The minimum atomic E-state index is -0.329. The standard InChI is InChI=1S/C19H18N4OS2/c20-17-15(11-16(26-17)14-9-5-2-6-10-14)18(24)22-23-19(25)21-12-13-7-3-1-4-8-13/h1-11H,12,20H2,(H,22,24)(H2,21,23,25). The van der Waals surface area contributed by atoms with Crippen LogP contribution in [-0.4, -0.2) is 11.0 Å². The number of nitrogens with one attached hydrogen (secondary N) is 3. The highest BCUT2D eigenvalue weighted by Crippen LogP contribution is 2.33. The van der Waals surface area contributed by atoms with Crippen molar-refractivity contribution in [1.82, 2.24) is 16.2 Å². The van der Waals surface area contributed by atoms with E-state index in [1.54, 1.807) is 6.07 Å². The topological polar surface area (TPSA) is 79.2 Å². The van der Waals surface area contributed by atoms with Crippen molar-refractivity contribution in [3.63, 3.8) is 0 Å². The number of hydrogen-bond acceptors (Lipinski definition) is 4. The van der Waals surface area contributed by atoms with E-state index in [1.807, 2.05) is 60.7 Å². The molecule has 0 unspecified atom stereocenters. The molecule has 0 bridgehead atoms. The van der Waals surface area contributed by atoms with Crippen LogP contribution in [0.3, 0.4) is 0 Å². The molecular weight excluding hydrogens is 364 g/mol. The molecule has 0 aliphatic carbocycles. The maximum absolute atomic E-state index is 12.4. The molecule has 0 saturated heterocycles. The smallest absolute Gasteiger partial charge is 0.272 e. The van der Waals surface area contributed by atoms with Gasteiger partial charge in [-0.3, -0.25) is 15.6 Å². The lowest BCUT2D eigenvalue weighted by Gasteiger charge is -2.11. The number of thiophene rings is 1. The Kier molecular flexibility index (Phi) is 5.83. The molecule has 0 aliphatic heterocycles. The van der Waals surface area contributed by atoms with E-state index >= 15 is 0 Å². The number of hydrazine groups is 1. The lowest BCUT2D eigenvalue weighted by molar-refractivity contribution is 0.0945. The van der Waals surface area contributed by atoms with E-state index in [-0.39, 0.29) is 5.91 Å². The first kappa shape index (κ1) is 17.9. The maximum Gasteiger partial charge on any atom is 0.272 e. The number of carbonyl (C=O) groups excluding carboxylic acids is 1. The third kappa shape index (κ3) is 4.59. The Labute approximate surface area is 161 Å². The van der Waals surface area contributed by atoms with Gasteiger partial charge in [0.25, 0.3) is 5.91 Å². The molecule has 0 spiro atoms. The highest BCUT2D eigenvalue weighted by atomic mass is 32.1. The summed E-state index contributed by atoms with van der Waals surface area (Å²) in [5, 5.41) is 3.83. The second-order valence-electron chi connectivity index (χ2n) is 5.50. The van der Waals surface area contributed by atoms with Crippen molar-refractivity contribution in [3.8, 4) is 10.4 Å². The zero-order valence-corrected chi connectivity index (χ0v) is 15.5. The van der Waals surface area contributed by atoms with Gasteiger partial charge in [0, 0.05) is 11.4 Å². The van der Waals surface area contributed by atoms with E-state index in [2.05, 4.69) is 16.2 Å². The van der Waals surface area contributed by atoms with Crippen LogP contribution in [0.15, 0.2) is 66.7 Å². The Morgan fingerprint density at radius 1 is 1.00 bits per heavy atom. The van der Waals surface area contributed by atoms with Crippen LogP contribution in [0.2, 0.25) is 0 Å². The van der Waals surface area contributed by atoms with Gasteiger partial charge in [-0.1, -0.05) is 60.7 Å². The zero-order valence-electron chi connectivity index (χ0n) is 13.9. The first-order valence-electron chi connectivity index (χ1n) is 7.96. The maximum atomic E-state index is 12.4. The molecule has 26 heavy (non-hydrogen) atoms. The molecule has 0 atom stereocenters. The van der Waals surface area contributed by atoms with Gasteiger partial charge in [0.2, 0.25) is 0 Å². The van der Waals surface area contributed by atoms with Crippen LogP contribution in [0.4, 0.5) is 5.00 Å². The first-order chi connectivity index (χ1) is 12.6. The molecule has 132 valence electrons. The van der Waals surface area contributed by atoms with E-state index in [0.717, 1.165) is 16.0 Å². The summed E-state index contributed by atoms with van der Waals surface area (Å²) >= 11 is 6.55. The molecule has 3 aromatic rings. The summed E-state index contributed by atoms with van der Waals surface area (Å²) in [5.41, 5.74) is 13.8. The van der Waals surface area contributed by atoms with Crippen LogP contribution in [0.1, 0.15) is 15.9 Å². The molecule has 1 aromatic heterocycles. The van der Waals surface area contributed by atoms with Gasteiger partial charge in [-0.2, -0.15) is 0 Å². The Bertz CT molecular complexity index is 894. The second-order valence-corrected chi connectivity index (χ2v) is 6.99.